The summed E-state index contributed by atoms with van der Waals surface area (Å²) >= 11 is 0. The maximum absolute atomic E-state index is 11.4. The summed E-state index contributed by atoms with van der Waals surface area (Å²) < 4.78 is 4.58. The fourth-order valence-electron chi connectivity index (χ4n) is 1.36. The predicted molar refractivity (Wildman–Crippen MR) is 53.7 cm³/mol. The van der Waals surface area contributed by atoms with Gasteiger partial charge in [-0.25, -0.2) is 9.78 Å². The number of hydrogen-bond donors (Lipinski definition) is 1. The lowest BCUT2D eigenvalue weighted by Gasteiger charge is -2.02. The number of H-pyrrole nitrogens is 1. The number of carbonyl (C=O) groups excluding carboxylic acids is 1. The third kappa shape index (κ3) is 1.59. The fourth-order valence-corrected chi connectivity index (χ4v) is 1.36. The number of nitrogens with zero attached hydrogens (tertiary/aromatic N) is 1. The monoisotopic (exact) mass is 204 g/mol. The van der Waals surface area contributed by atoms with Crippen molar-refractivity contribution in [3.63, 3.8) is 0 Å². The molecule has 0 saturated heterocycles. The lowest BCUT2D eigenvalue weighted by Crippen LogP contribution is -2.12. The maximum Gasteiger partial charge on any atom is 0.338 e. The Morgan fingerprint density at radius 1 is 1.53 bits per heavy atom. The number of aromatic nitrogens is 2. The Morgan fingerprint density at radius 2 is 2.33 bits per heavy atom. The van der Waals surface area contributed by atoms with Gasteiger partial charge >= 0.3 is 5.97 Å². The molecule has 2 heterocycles. The highest BCUT2D eigenvalue weighted by atomic mass is 16.5. The van der Waals surface area contributed by atoms with Gasteiger partial charge in [0, 0.05) is 17.6 Å². The average molecular weight is 204 g/mol. The van der Waals surface area contributed by atoms with Crippen LogP contribution in [0, 0.1) is 0 Å². The summed E-state index contributed by atoms with van der Waals surface area (Å²) in [5.41, 5.74) is 0.233. The van der Waals surface area contributed by atoms with E-state index in [1.165, 1.54) is 13.2 Å². The topological polar surface area (TPSA) is 72.1 Å². The van der Waals surface area contributed by atoms with Gasteiger partial charge in [-0.3, -0.25) is 4.79 Å². The molecule has 1 N–H and O–H groups in total. The van der Waals surface area contributed by atoms with Crippen LogP contribution in [0.1, 0.15) is 10.4 Å². The van der Waals surface area contributed by atoms with Gasteiger partial charge in [0.05, 0.1) is 12.7 Å². The molecule has 5 heteroatoms. The van der Waals surface area contributed by atoms with Crippen molar-refractivity contribution in [1.82, 2.24) is 9.97 Å². The first kappa shape index (κ1) is 9.39. The average Bonchev–Trinajstić information content (AvgIpc) is 2.26. The minimum absolute atomic E-state index is 0.226. The number of aromatic amines is 1. The molecule has 0 unspecified atom stereocenters. The van der Waals surface area contributed by atoms with E-state index >= 15 is 0 Å². The molecule has 5 nitrogen and oxygen atoms in total. The van der Waals surface area contributed by atoms with Crippen LogP contribution in [-0.4, -0.2) is 23.0 Å². The Morgan fingerprint density at radius 3 is 3.07 bits per heavy atom. The first-order chi connectivity index (χ1) is 7.22. The minimum atomic E-state index is -0.542. The van der Waals surface area contributed by atoms with Gasteiger partial charge in [0.25, 0.3) is 0 Å². The number of fused-ring (bicyclic) bond motifs is 1. The number of pyridine rings is 2. The zero-order chi connectivity index (χ0) is 10.8. The van der Waals surface area contributed by atoms with E-state index < -0.39 is 5.97 Å². The lowest BCUT2D eigenvalue weighted by atomic mass is 10.1. The van der Waals surface area contributed by atoms with Gasteiger partial charge in [-0.1, -0.05) is 0 Å². The van der Waals surface area contributed by atoms with Gasteiger partial charge in [-0.2, -0.15) is 0 Å². The molecule has 0 saturated carbocycles. The zero-order valence-electron chi connectivity index (χ0n) is 7.98. The molecule has 2 rings (SSSR count). The number of nitrogens with one attached hydrogen (secondary N) is 1. The Labute approximate surface area is 84.7 Å². The van der Waals surface area contributed by atoms with Gasteiger partial charge in [0.1, 0.15) is 5.65 Å². The molecular formula is C10H8N2O3. The second-order valence-corrected chi connectivity index (χ2v) is 2.94. The van der Waals surface area contributed by atoms with E-state index in [-0.39, 0.29) is 11.1 Å². The maximum atomic E-state index is 11.4. The molecule has 0 radical (unpaired) electrons. The van der Waals surface area contributed by atoms with Gasteiger partial charge < -0.3 is 9.72 Å². The molecule has 76 valence electrons. The number of carbonyl (C=O) groups is 1. The number of rotatable bonds is 1. The van der Waals surface area contributed by atoms with E-state index in [0.29, 0.717) is 11.0 Å². The van der Waals surface area contributed by atoms with Gasteiger partial charge in [-0.05, 0) is 12.1 Å². The highest BCUT2D eigenvalue weighted by molar-refractivity contribution is 6.02. The van der Waals surface area contributed by atoms with Crippen molar-refractivity contribution in [3.8, 4) is 0 Å². The van der Waals surface area contributed by atoms with Crippen LogP contribution in [0.2, 0.25) is 0 Å². The number of ether oxygens (including phenoxy) is 1. The van der Waals surface area contributed by atoms with Crippen molar-refractivity contribution >= 4 is 17.0 Å². The molecule has 0 aliphatic heterocycles. The molecule has 2 aromatic heterocycles. The zero-order valence-corrected chi connectivity index (χ0v) is 7.98. The Balaban J connectivity index is 2.82. The summed E-state index contributed by atoms with van der Waals surface area (Å²) in [4.78, 5) is 29.1. The first-order valence-corrected chi connectivity index (χ1v) is 4.29. The Bertz CT molecular complexity index is 574. The molecule has 2 aromatic rings. The van der Waals surface area contributed by atoms with Crippen LogP contribution in [0.25, 0.3) is 11.0 Å². The third-order valence-corrected chi connectivity index (χ3v) is 2.02. The normalized spacial score (nSPS) is 10.2. The van der Waals surface area contributed by atoms with Crippen LogP contribution in [0.3, 0.4) is 0 Å². The smallest absolute Gasteiger partial charge is 0.338 e. The third-order valence-electron chi connectivity index (χ3n) is 2.02. The second kappa shape index (κ2) is 3.53. The predicted octanol–water partition coefficient (Wildman–Crippen LogP) is 0.710. The molecule has 0 amide bonds. The van der Waals surface area contributed by atoms with Crippen LogP contribution in [0.4, 0.5) is 0 Å². The van der Waals surface area contributed by atoms with Crippen molar-refractivity contribution in [2.45, 2.75) is 0 Å². The molecule has 0 aliphatic rings. The Kier molecular flexibility index (Phi) is 2.21. The minimum Gasteiger partial charge on any atom is -0.465 e. The van der Waals surface area contributed by atoms with E-state index in [1.54, 1.807) is 18.3 Å². The van der Waals surface area contributed by atoms with E-state index in [0.717, 1.165) is 0 Å². The fraction of sp³-hybridized carbons (Fsp3) is 0.100. The summed E-state index contributed by atoms with van der Waals surface area (Å²) in [5, 5.41) is 0.573. The Hall–Kier alpha value is -2.17. The first-order valence-electron chi connectivity index (χ1n) is 4.29. The van der Waals surface area contributed by atoms with Crippen LogP contribution in [-0.2, 0) is 4.74 Å². The van der Waals surface area contributed by atoms with E-state index in [9.17, 15) is 9.59 Å². The molecule has 0 aromatic carbocycles. The molecule has 0 bridgehead atoms. The van der Waals surface area contributed by atoms with E-state index in [1.807, 2.05) is 0 Å². The molecule has 0 atom stereocenters. The van der Waals surface area contributed by atoms with E-state index in [2.05, 4.69) is 14.7 Å². The molecule has 0 aliphatic carbocycles. The van der Waals surface area contributed by atoms with Gasteiger partial charge in [0.2, 0.25) is 5.56 Å². The standard InChI is InChI=1S/C10H8N2O3/c1-15-10(14)7-5-8(13)12-9-6(7)3-2-4-11-9/h2-5H,1H3,(H,11,12,13). The van der Waals surface area contributed by atoms with Crippen molar-refractivity contribution < 1.29 is 9.53 Å². The molecule has 0 fully saturated rings. The van der Waals surface area contributed by atoms with Crippen LogP contribution in [0.15, 0.2) is 29.2 Å². The highest BCUT2D eigenvalue weighted by Crippen LogP contribution is 2.12. The summed E-state index contributed by atoms with van der Waals surface area (Å²) in [6.07, 6.45) is 1.54. The molecular weight excluding hydrogens is 196 g/mol. The summed E-state index contributed by atoms with van der Waals surface area (Å²) in [6, 6.07) is 4.59. The quantitative estimate of drug-likeness (QED) is 0.694. The summed E-state index contributed by atoms with van der Waals surface area (Å²) in [6.45, 7) is 0. The largest absolute Gasteiger partial charge is 0.465 e. The van der Waals surface area contributed by atoms with Gasteiger partial charge in [0.15, 0.2) is 0 Å². The number of hydrogen-bond acceptors (Lipinski definition) is 4. The SMILES string of the molecule is COC(=O)c1cc(=O)[nH]c2ncccc12. The van der Waals surface area contributed by atoms with Crippen molar-refractivity contribution in [2.24, 2.45) is 0 Å². The van der Waals surface area contributed by atoms with Crippen LogP contribution < -0.4 is 5.56 Å². The summed E-state index contributed by atoms with van der Waals surface area (Å²) in [7, 11) is 1.27. The van der Waals surface area contributed by atoms with Crippen LogP contribution >= 0.6 is 0 Å². The van der Waals surface area contributed by atoms with Crippen LogP contribution in [0.5, 0.6) is 0 Å². The van der Waals surface area contributed by atoms with Crippen molar-refractivity contribution in [2.75, 3.05) is 7.11 Å². The number of esters is 1. The van der Waals surface area contributed by atoms with E-state index in [4.69, 9.17) is 0 Å². The molecule has 0 spiro atoms. The highest BCUT2D eigenvalue weighted by Gasteiger charge is 2.11. The van der Waals surface area contributed by atoms with Crippen molar-refractivity contribution in [3.05, 3.63) is 40.3 Å². The molecule has 15 heavy (non-hydrogen) atoms. The number of methoxy groups -OCH3 is 1. The van der Waals surface area contributed by atoms with Crippen molar-refractivity contribution in [1.29, 1.82) is 0 Å². The second-order valence-electron chi connectivity index (χ2n) is 2.94. The van der Waals surface area contributed by atoms with Gasteiger partial charge in [-0.15, -0.1) is 0 Å². The summed E-state index contributed by atoms with van der Waals surface area (Å²) in [5.74, 6) is -0.542. The lowest BCUT2D eigenvalue weighted by molar-refractivity contribution is 0.0603.